The van der Waals surface area contributed by atoms with E-state index in [1.165, 1.54) is 12.8 Å². The molecule has 0 radical (unpaired) electrons. The lowest BCUT2D eigenvalue weighted by Crippen LogP contribution is -2.46. The number of rotatable bonds is 38. The number of quaternary nitrogens is 1. The molecule has 3 atom stereocenters. The Labute approximate surface area is 349 Å². The van der Waals surface area contributed by atoms with Crippen LogP contribution in [-0.2, 0) is 18.4 Å². The molecule has 1 amide bonds. The Morgan fingerprint density at radius 1 is 0.614 bits per heavy atom. The average Bonchev–Trinajstić information content (AvgIpc) is 3.16. The predicted octanol–water partition coefficient (Wildman–Crippen LogP) is 12.4. The van der Waals surface area contributed by atoms with Gasteiger partial charge in [0.25, 0.3) is 0 Å². The van der Waals surface area contributed by atoms with Gasteiger partial charge in [0.15, 0.2) is 0 Å². The third-order valence-corrected chi connectivity index (χ3v) is 10.1. The van der Waals surface area contributed by atoms with E-state index in [1.807, 2.05) is 21.1 Å². The highest BCUT2D eigenvalue weighted by Crippen LogP contribution is 2.43. The van der Waals surface area contributed by atoms with Crippen LogP contribution in [0.5, 0.6) is 0 Å². The number of hydrogen-bond donors (Lipinski definition) is 3. The molecule has 0 saturated heterocycles. The van der Waals surface area contributed by atoms with Crippen LogP contribution in [-0.4, -0.2) is 73.4 Å². The highest BCUT2D eigenvalue weighted by atomic mass is 31.2. The molecule has 3 unspecified atom stereocenters. The minimum absolute atomic E-state index is 0.0645. The third kappa shape index (κ3) is 41.4. The number of carbonyl (C=O) groups excluding carboxylic acids is 1. The predicted molar refractivity (Wildman–Crippen MR) is 244 cm³/mol. The fourth-order valence-electron chi connectivity index (χ4n) is 5.59. The van der Waals surface area contributed by atoms with Gasteiger partial charge in [-0.1, -0.05) is 162 Å². The van der Waals surface area contributed by atoms with Gasteiger partial charge in [-0.2, -0.15) is 0 Å². The first kappa shape index (κ1) is 54.4. The molecule has 0 aliphatic carbocycles. The monoisotopic (exact) mass is 816 g/mol. The number of amides is 1. The van der Waals surface area contributed by atoms with E-state index in [2.05, 4.69) is 116 Å². The minimum Gasteiger partial charge on any atom is -0.391 e. The lowest BCUT2D eigenvalue weighted by atomic mass is 10.0. The van der Waals surface area contributed by atoms with Crippen LogP contribution in [0.15, 0.2) is 97.2 Å². The van der Waals surface area contributed by atoms with Gasteiger partial charge >= 0.3 is 7.82 Å². The highest BCUT2D eigenvalue weighted by Gasteiger charge is 2.28. The zero-order chi connectivity index (χ0) is 42.1. The summed E-state index contributed by atoms with van der Waals surface area (Å²) in [5, 5.41) is 13.7. The third-order valence-electron chi connectivity index (χ3n) is 9.10. The Morgan fingerprint density at radius 3 is 1.53 bits per heavy atom. The summed E-state index contributed by atoms with van der Waals surface area (Å²) in [7, 11) is 1.58. The fourth-order valence-corrected chi connectivity index (χ4v) is 6.32. The van der Waals surface area contributed by atoms with E-state index in [1.54, 1.807) is 0 Å². The molecule has 326 valence electrons. The second kappa shape index (κ2) is 38.9. The maximum atomic E-state index is 12.7. The zero-order valence-electron chi connectivity index (χ0n) is 36.8. The molecule has 0 heterocycles. The Morgan fingerprint density at radius 2 is 1.05 bits per heavy atom. The van der Waals surface area contributed by atoms with Crippen LogP contribution in [0.1, 0.15) is 149 Å². The van der Waals surface area contributed by atoms with E-state index in [0.29, 0.717) is 23.9 Å². The Kier molecular flexibility index (Phi) is 37.2. The number of nitrogens with one attached hydrogen (secondary N) is 1. The number of allylic oxidation sites excluding steroid dienone is 16. The van der Waals surface area contributed by atoms with E-state index in [0.717, 1.165) is 109 Å². The Bertz CT molecular complexity index is 1240. The van der Waals surface area contributed by atoms with Crippen LogP contribution in [0.25, 0.3) is 0 Å². The maximum absolute atomic E-state index is 12.7. The minimum atomic E-state index is -4.30. The first-order chi connectivity index (χ1) is 27.5. The van der Waals surface area contributed by atoms with Gasteiger partial charge in [-0.15, -0.1) is 0 Å². The first-order valence-electron chi connectivity index (χ1n) is 22.1. The number of unbranched alkanes of at least 4 members (excludes halogenated alkanes) is 9. The summed E-state index contributed by atoms with van der Waals surface area (Å²) < 4.78 is 23.3. The van der Waals surface area contributed by atoms with E-state index >= 15 is 0 Å². The topological polar surface area (TPSA) is 105 Å². The summed E-state index contributed by atoms with van der Waals surface area (Å²) in [5.41, 5.74) is 0. The molecule has 9 heteroatoms. The summed E-state index contributed by atoms with van der Waals surface area (Å²) in [6.45, 7) is 4.60. The van der Waals surface area contributed by atoms with Crippen LogP contribution in [0, 0.1) is 0 Å². The van der Waals surface area contributed by atoms with Crippen molar-refractivity contribution in [1.29, 1.82) is 0 Å². The normalized spacial score (nSPS) is 15.3. The molecular weight excluding hydrogens is 732 g/mol. The van der Waals surface area contributed by atoms with Crippen molar-refractivity contribution in [3.05, 3.63) is 97.2 Å². The summed E-state index contributed by atoms with van der Waals surface area (Å²) in [6, 6.07) is -0.771. The van der Waals surface area contributed by atoms with Gasteiger partial charge in [0.05, 0.1) is 39.9 Å². The number of phosphoric acid groups is 1. The second-order valence-electron chi connectivity index (χ2n) is 15.7. The van der Waals surface area contributed by atoms with Crippen molar-refractivity contribution >= 4 is 13.7 Å². The first-order valence-corrected chi connectivity index (χ1v) is 23.6. The quantitative estimate of drug-likeness (QED) is 0.0248. The lowest BCUT2D eigenvalue weighted by Gasteiger charge is -2.26. The van der Waals surface area contributed by atoms with Gasteiger partial charge in [0.1, 0.15) is 13.2 Å². The number of nitrogens with zero attached hydrogens (tertiary/aromatic N) is 1. The molecule has 0 aliphatic rings. The Hall–Kier alpha value is -2.58. The Balaban J connectivity index is 4.04. The number of phosphoric ester groups is 1. The highest BCUT2D eigenvalue weighted by molar-refractivity contribution is 7.47. The van der Waals surface area contributed by atoms with Gasteiger partial charge < -0.3 is 19.8 Å². The summed E-state index contributed by atoms with van der Waals surface area (Å²) in [6.07, 6.45) is 55.0. The van der Waals surface area contributed by atoms with Gasteiger partial charge in [-0.3, -0.25) is 13.8 Å². The fraction of sp³-hybridized carbons (Fsp3) is 0.646. The zero-order valence-corrected chi connectivity index (χ0v) is 37.7. The SMILES string of the molecule is CC/C=C\C/C=C\C/C=C\C/C=C\C/C=C\C/C=C\C/C=C\C/C=C\CCCCCCCCC(=O)NC(COP(=O)(O)OCC[N+](C)(C)C)C(O)CCCCCC. The number of hydrogen-bond acceptors (Lipinski definition) is 5. The van der Waals surface area contributed by atoms with Crippen LogP contribution in [0.3, 0.4) is 0 Å². The van der Waals surface area contributed by atoms with Gasteiger partial charge in [-0.25, -0.2) is 4.57 Å². The number of carbonyl (C=O) groups is 1. The molecule has 8 nitrogen and oxygen atoms in total. The van der Waals surface area contributed by atoms with E-state index in [-0.39, 0.29) is 19.1 Å². The number of aliphatic hydroxyl groups excluding tert-OH is 1. The van der Waals surface area contributed by atoms with Crippen molar-refractivity contribution in [1.82, 2.24) is 5.32 Å². The van der Waals surface area contributed by atoms with E-state index < -0.39 is 20.0 Å². The van der Waals surface area contributed by atoms with Crippen molar-refractivity contribution in [3.8, 4) is 0 Å². The van der Waals surface area contributed by atoms with Crippen LogP contribution in [0.2, 0.25) is 0 Å². The summed E-state index contributed by atoms with van der Waals surface area (Å²) >= 11 is 0. The van der Waals surface area contributed by atoms with Crippen LogP contribution in [0.4, 0.5) is 0 Å². The molecule has 0 aromatic rings. The standard InChI is InChI=1S/C48H83N2O6P/c1-6-8-10-12-13-14-15-16-17-18-19-20-21-22-23-24-25-26-27-28-29-30-31-32-33-34-35-36-37-38-40-42-48(52)49-46(47(51)41-39-11-9-7-2)45-56-57(53,54)55-44-43-50(3,4)5/h8,10,13-14,16-17,19-20,22-23,25-26,28-29,31-32,46-47,51H,6-7,9,11-12,15,18,21,24,27,30,33-45H2,1-5H3,(H-,49,52,53,54)/p+1/b10-8-,14-13-,17-16-,20-19-,23-22-,26-25-,29-28-,32-31-. The van der Waals surface area contributed by atoms with Crippen LogP contribution < -0.4 is 5.32 Å². The van der Waals surface area contributed by atoms with Crippen LogP contribution >= 0.6 is 7.82 Å². The van der Waals surface area contributed by atoms with Crippen molar-refractivity contribution in [2.75, 3.05) is 40.9 Å². The number of likely N-dealkylation sites (N-methyl/N-ethyl adjacent to an activating group) is 1. The molecule has 3 N–H and O–H groups in total. The molecule has 0 saturated carbocycles. The molecule has 0 fully saturated rings. The van der Waals surface area contributed by atoms with Gasteiger partial charge in [-0.05, 0) is 77.0 Å². The lowest BCUT2D eigenvalue weighted by molar-refractivity contribution is -0.870. The van der Waals surface area contributed by atoms with Crippen molar-refractivity contribution < 1.29 is 32.9 Å². The second-order valence-corrected chi connectivity index (χ2v) is 17.1. The van der Waals surface area contributed by atoms with E-state index in [4.69, 9.17) is 9.05 Å². The maximum Gasteiger partial charge on any atom is 0.472 e. The summed E-state index contributed by atoms with van der Waals surface area (Å²) in [4.78, 5) is 22.9. The van der Waals surface area contributed by atoms with Gasteiger partial charge in [0, 0.05) is 6.42 Å². The van der Waals surface area contributed by atoms with Crippen molar-refractivity contribution in [2.24, 2.45) is 0 Å². The van der Waals surface area contributed by atoms with Gasteiger partial charge in [0.2, 0.25) is 5.91 Å². The molecule has 0 aliphatic heterocycles. The average molecular weight is 816 g/mol. The molecule has 0 aromatic carbocycles. The molecule has 0 aromatic heterocycles. The number of aliphatic hydroxyl groups is 1. The molecule has 0 rings (SSSR count). The molecule has 0 spiro atoms. The molecular formula is C48H84N2O6P+. The molecule has 57 heavy (non-hydrogen) atoms. The van der Waals surface area contributed by atoms with E-state index in [9.17, 15) is 19.4 Å². The van der Waals surface area contributed by atoms with Crippen molar-refractivity contribution in [2.45, 2.75) is 161 Å². The smallest absolute Gasteiger partial charge is 0.391 e. The summed E-state index contributed by atoms with van der Waals surface area (Å²) in [5.74, 6) is -0.175. The molecule has 0 bridgehead atoms. The largest absolute Gasteiger partial charge is 0.472 e. The van der Waals surface area contributed by atoms with Crippen molar-refractivity contribution in [3.63, 3.8) is 0 Å².